The Morgan fingerprint density at radius 2 is 2.00 bits per heavy atom. The molecule has 0 aliphatic carbocycles. The molecule has 1 amide bonds. The largest absolute Gasteiger partial charge is 0.455 e. The van der Waals surface area contributed by atoms with Gasteiger partial charge in [0.25, 0.3) is 0 Å². The highest BCUT2D eigenvalue weighted by atomic mass is 16.5. The van der Waals surface area contributed by atoms with Crippen LogP contribution in [0.2, 0.25) is 0 Å². The minimum absolute atomic E-state index is 0.522. The molecular formula is C14H10N2O2. The number of hydrogen-bond donors (Lipinski definition) is 1. The zero-order valence-corrected chi connectivity index (χ0v) is 9.46. The van der Waals surface area contributed by atoms with Crippen LogP contribution in [0.25, 0.3) is 0 Å². The summed E-state index contributed by atoms with van der Waals surface area (Å²) >= 11 is 0. The maximum Gasteiger partial charge on any atom is 0.211 e. The molecule has 0 aromatic heterocycles. The molecule has 88 valence electrons. The Morgan fingerprint density at radius 3 is 2.78 bits per heavy atom. The number of hydrogen-bond acceptors (Lipinski definition) is 3. The summed E-state index contributed by atoms with van der Waals surface area (Å²) < 4.78 is 5.63. The van der Waals surface area contributed by atoms with Crippen molar-refractivity contribution in [2.24, 2.45) is 0 Å². The fourth-order valence-electron chi connectivity index (χ4n) is 1.49. The summed E-state index contributed by atoms with van der Waals surface area (Å²) in [5.74, 6) is 1.08. The first-order chi connectivity index (χ1) is 8.83. The quantitative estimate of drug-likeness (QED) is 0.833. The normalized spacial score (nSPS) is 9.28. The van der Waals surface area contributed by atoms with Gasteiger partial charge >= 0.3 is 0 Å². The van der Waals surface area contributed by atoms with Gasteiger partial charge in [-0.2, -0.15) is 5.26 Å². The van der Waals surface area contributed by atoms with Crippen molar-refractivity contribution in [2.75, 3.05) is 5.32 Å². The number of amides is 1. The fourth-order valence-corrected chi connectivity index (χ4v) is 1.49. The third-order valence-corrected chi connectivity index (χ3v) is 2.29. The van der Waals surface area contributed by atoms with E-state index < -0.39 is 0 Å². The van der Waals surface area contributed by atoms with E-state index in [1.165, 1.54) is 0 Å². The molecule has 4 nitrogen and oxygen atoms in total. The SMILES string of the molecule is N#Cc1cccc(Oc2ccccc2NC=O)c1. The third kappa shape index (κ3) is 2.66. The number of nitrogens with one attached hydrogen (secondary N) is 1. The average Bonchev–Trinajstić information content (AvgIpc) is 2.41. The summed E-state index contributed by atoms with van der Waals surface area (Å²) in [4.78, 5) is 10.5. The second-order valence-electron chi connectivity index (χ2n) is 3.50. The molecule has 0 saturated heterocycles. The van der Waals surface area contributed by atoms with Gasteiger partial charge in [0.2, 0.25) is 6.41 Å². The Labute approximate surface area is 104 Å². The molecule has 2 aromatic rings. The predicted octanol–water partition coefficient (Wildman–Crippen LogP) is 2.92. The number of carbonyl (C=O) groups is 1. The molecular weight excluding hydrogens is 228 g/mol. The molecule has 2 aromatic carbocycles. The highest BCUT2D eigenvalue weighted by molar-refractivity contribution is 5.75. The first-order valence-corrected chi connectivity index (χ1v) is 5.30. The van der Waals surface area contributed by atoms with Crippen LogP contribution in [0, 0.1) is 11.3 Å². The van der Waals surface area contributed by atoms with Crippen LogP contribution in [-0.4, -0.2) is 6.41 Å². The van der Waals surface area contributed by atoms with Crippen molar-refractivity contribution in [2.45, 2.75) is 0 Å². The molecule has 0 atom stereocenters. The van der Waals surface area contributed by atoms with E-state index in [0.29, 0.717) is 29.2 Å². The van der Waals surface area contributed by atoms with Crippen molar-refractivity contribution in [3.63, 3.8) is 0 Å². The Balaban J connectivity index is 2.28. The van der Waals surface area contributed by atoms with Gasteiger partial charge in [0, 0.05) is 0 Å². The standard InChI is InChI=1S/C14H10N2O2/c15-9-11-4-3-5-12(8-11)18-14-7-2-1-6-13(14)16-10-17/h1-8,10H,(H,16,17). The van der Waals surface area contributed by atoms with Gasteiger partial charge in [-0.3, -0.25) is 4.79 Å². The number of ether oxygens (including phenoxy) is 1. The number of nitrogens with zero attached hydrogens (tertiary/aromatic N) is 1. The van der Waals surface area contributed by atoms with Crippen LogP contribution < -0.4 is 10.1 Å². The lowest BCUT2D eigenvalue weighted by Gasteiger charge is -2.09. The first-order valence-electron chi connectivity index (χ1n) is 5.30. The molecule has 0 fully saturated rings. The number of rotatable bonds is 4. The van der Waals surface area contributed by atoms with E-state index in [9.17, 15) is 4.79 Å². The van der Waals surface area contributed by atoms with Crippen LogP contribution >= 0.6 is 0 Å². The monoisotopic (exact) mass is 238 g/mol. The molecule has 18 heavy (non-hydrogen) atoms. The fraction of sp³-hybridized carbons (Fsp3) is 0. The lowest BCUT2D eigenvalue weighted by atomic mass is 10.2. The Bertz CT molecular complexity index is 603. The molecule has 0 bridgehead atoms. The first kappa shape index (κ1) is 11.7. The van der Waals surface area contributed by atoms with Crippen LogP contribution in [0.4, 0.5) is 5.69 Å². The summed E-state index contributed by atoms with van der Waals surface area (Å²) in [6.07, 6.45) is 0.591. The highest BCUT2D eigenvalue weighted by Gasteiger charge is 2.03. The molecule has 0 unspecified atom stereocenters. The van der Waals surface area contributed by atoms with E-state index in [4.69, 9.17) is 10.00 Å². The summed E-state index contributed by atoms with van der Waals surface area (Å²) in [6, 6.07) is 15.9. The van der Waals surface area contributed by atoms with Gasteiger partial charge < -0.3 is 10.1 Å². The Morgan fingerprint density at radius 1 is 1.17 bits per heavy atom. The maximum atomic E-state index is 10.5. The second-order valence-corrected chi connectivity index (χ2v) is 3.50. The third-order valence-electron chi connectivity index (χ3n) is 2.29. The molecule has 0 aliphatic heterocycles. The summed E-state index contributed by atoms with van der Waals surface area (Å²) in [6.45, 7) is 0. The van der Waals surface area contributed by atoms with Gasteiger partial charge in [-0.05, 0) is 30.3 Å². The molecule has 0 spiro atoms. The van der Waals surface area contributed by atoms with E-state index in [1.54, 1.807) is 48.5 Å². The number of nitriles is 1. The second kappa shape index (κ2) is 5.51. The van der Waals surface area contributed by atoms with Crippen molar-refractivity contribution in [1.82, 2.24) is 0 Å². The number of benzene rings is 2. The van der Waals surface area contributed by atoms with Gasteiger partial charge in [0.05, 0.1) is 17.3 Å². The Hall–Kier alpha value is -2.80. The topological polar surface area (TPSA) is 62.1 Å². The zero-order chi connectivity index (χ0) is 12.8. The maximum absolute atomic E-state index is 10.5. The number of para-hydroxylation sites is 2. The van der Waals surface area contributed by atoms with Crippen LogP contribution in [0.1, 0.15) is 5.56 Å². The van der Waals surface area contributed by atoms with Crippen LogP contribution in [0.5, 0.6) is 11.5 Å². The van der Waals surface area contributed by atoms with E-state index in [1.807, 2.05) is 6.07 Å². The summed E-state index contributed by atoms with van der Waals surface area (Å²) in [5.41, 5.74) is 1.10. The lowest BCUT2D eigenvalue weighted by molar-refractivity contribution is -0.105. The van der Waals surface area contributed by atoms with E-state index in [0.717, 1.165) is 0 Å². The smallest absolute Gasteiger partial charge is 0.211 e. The van der Waals surface area contributed by atoms with Gasteiger partial charge in [0.1, 0.15) is 5.75 Å². The van der Waals surface area contributed by atoms with Gasteiger partial charge in [-0.1, -0.05) is 18.2 Å². The average molecular weight is 238 g/mol. The molecule has 0 aliphatic rings. The molecule has 0 saturated carbocycles. The minimum Gasteiger partial charge on any atom is -0.455 e. The Kier molecular flexibility index (Phi) is 3.57. The summed E-state index contributed by atoms with van der Waals surface area (Å²) in [7, 11) is 0. The van der Waals surface area contributed by atoms with Crippen molar-refractivity contribution >= 4 is 12.1 Å². The van der Waals surface area contributed by atoms with Crippen LogP contribution in [-0.2, 0) is 4.79 Å². The van der Waals surface area contributed by atoms with Gasteiger partial charge in [0.15, 0.2) is 5.75 Å². The van der Waals surface area contributed by atoms with Gasteiger partial charge in [-0.15, -0.1) is 0 Å². The van der Waals surface area contributed by atoms with E-state index in [2.05, 4.69) is 5.32 Å². The molecule has 0 heterocycles. The van der Waals surface area contributed by atoms with Gasteiger partial charge in [-0.25, -0.2) is 0 Å². The molecule has 2 rings (SSSR count). The van der Waals surface area contributed by atoms with Crippen molar-refractivity contribution < 1.29 is 9.53 Å². The number of anilines is 1. The van der Waals surface area contributed by atoms with Crippen LogP contribution in [0.3, 0.4) is 0 Å². The molecule has 4 heteroatoms. The van der Waals surface area contributed by atoms with Crippen molar-refractivity contribution in [1.29, 1.82) is 5.26 Å². The summed E-state index contributed by atoms with van der Waals surface area (Å²) in [5, 5.41) is 11.4. The van der Waals surface area contributed by atoms with E-state index >= 15 is 0 Å². The predicted molar refractivity (Wildman–Crippen MR) is 67.4 cm³/mol. The minimum atomic E-state index is 0.522. The molecule has 1 N–H and O–H groups in total. The van der Waals surface area contributed by atoms with Crippen LogP contribution in [0.15, 0.2) is 48.5 Å². The molecule has 0 radical (unpaired) electrons. The highest BCUT2D eigenvalue weighted by Crippen LogP contribution is 2.29. The zero-order valence-electron chi connectivity index (χ0n) is 9.46. The van der Waals surface area contributed by atoms with Crippen molar-refractivity contribution in [3.8, 4) is 17.6 Å². The van der Waals surface area contributed by atoms with Crippen molar-refractivity contribution in [3.05, 3.63) is 54.1 Å². The lowest BCUT2D eigenvalue weighted by Crippen LogP contribution is -1.96. The number of carbonyl (C=O) groups excluding carboxylic acids is 1. The van der Waals surface area contributed by atoms with E-state index in [-0.39, 0.29) is 0 Å².